The van der Waals surface area contributed by atoms with Crippen molar-refractivity contribution < 1.29 is 33.0 Å². The smallest absolute Gasteiger partial charge is 0.407 e. The number of carbonyl (C=O) groups excluding carboxylic acids is 2. The Morgan fingerprint density at radius 1 is 0.941 bits per heavy atom. The fraction of sp³-hybridized carbons (Fsp3) is 0.400. The highest BCUT2D eigenvalue weighted by molar-refractivity contribution is 5.86. The molecule has 0 bridgehead atoms. The molecule has 9 heteroatoms. The number of carboxylic acid groups (broad SMARTS) is 1. The lowest BCUT2D eigenvalue weighted by Crippen LogP contribution is -2.61. The summed E-state index contributed by atoms with van der Waals surface area (Å²) in [6.45, 7) is 3.98. The number of carboxylic acids is 1. The molecule has 0 fully saturated rings. The summed E-state index contributed by atoms with van der Waals surface area (Å²) in [4.78, 5) is 35.7. The third kappa shape index (κ3) is 4.73. The van der Waals surface area contributed by atoms with Crippen molar-refractivity contribution in [2.75, 3.05) is 13.2 Å². The highest BCUT2D eigenvalue weighted by atomic mass is 19.3. The van der Waals surface area contributed by atoms with Gasteiger partial charge in [0.15, 0.2) is 0 Å². The van der Waals surface area contributed by atoms with Gasteiger partial charge in [-0.15, -0.1) is 0 Å². The second-order valence-electron chi connectivity index (χ2n) is 9.39. The average Bonchev–Trinajstić information content (AvgIpc) is 3.09. The van der Waals surface area contributed by atoms with Crippen LogP contribution in [0.4, 0.5) is 13.6 Å². The van der Waals surface area contributed by atoms with Crippen molar-refractivity contribution in [3.05, 3.63) is 59.7 Å². The first-order valence-corrected chi connectivity index (χ1v) is 10.8. The SMILES string of the molecule is CC(C)(NC(=O)C(F)(F)CNC(=O)OCC1c2ccccc2-c2ccccc21)C(C)(C)C(=O)O. The van der Waals surface area contributed by atoms with Crippen molar-refractivity contribution in [1.29, 1.82) is 0 Å². The molecule has 3 N–H and O–H groups in total. The number of aliphatic carboxylic acids is 1. The van der Waals surface area contributed by atoms with Gasteiger partial charge in [-0.3, -0.25) is 9.59 Å². The summed E-state index contributed by atoms with van der Waals surface area (Å²) >= 11 is 0. The molecule has 1 aliphatic carbocycles. The van der Waals surface area contributed by atoms with Gasteiger partial charge in [0, 0.05) is 5.92 Å². The lowest BCUT2D eigenvalue weighted by molar-refractivity contribution is -0.156. The van der Waals surface area contributed by atoms with Gasteiger partial charge < -0.3 is 20.5 Å². The Balaban J connectivity index is 1.59. The predicted molar refractivity (Wildman–Crippen MR) is 122 cm³/mol. The van der Waals surface area contributed by atoms with Crippen LogP contribution in [0, 0.1) is 5.41 Å². The average molecular weight is 475 g/mol. The van der Waals surface area contributed by atoms with Crippen LogP contribution in [-0.2, 0) is 14.3 Å². The maximum atomic E-state index is 14.4. The Bertz CT molecular complexity index is 1070. The number of alkyl halides is 2. The topological polar surface area (TPSA) is 105 Å². The van der Waals surface area contributed by atoms with Gasteiger partial charge in [-0.25, -0.2) is 4.79 Å². The Morgan fingerprint density at radius 2 is 1.44 bits per heavy atom. The summed E-state index contributed by atoms with van der Waals surface area (Å²) < 4.78 is 34.0. The molecule has 2 aromatic rings. The number of alkyl carbamates (subject to hydrolysis) is 1. The molecule has 0 heterocycles. The zero-order valence-corrected chi connectivity index (χ0v) is 19.4. The molecule has 2 aromatic carbocycles. The molecular formula is C25H28F2N2O5. The molecule has 0 aliphatic heterocycles. The van der Waals surface area contributed by atoms with E-state index in [1.54, 1.807) is 0 Å². The number of hydrogen-bond acceptors (Lipinski definition) is 4. The van der Waals surface area contributed by atoms with Crippen molar-refractivity contribution in [3.8, 4) is 11.1 Å². The van der Waals surface area contributed by atoms with Crippen LogP contribution < -0.4 is 10.6 Å². The van der Waals surface area contributed by atoms with Crippen LogP contribution in [0.1, 0.15) is 44.7 Å². The molecule has 3 rings (SSSR count). The van der Waals surface area contributed by atoms with Crippen LogP contribution in [0.2, 0.25) is 0 Å². The van der Waals surface area contributed by atoms with Gasteiger partial charge >= 0.3 is 18.0 Å². The van der Waals surface area contributed by atoms with Gasteiger partial charge in [-0.1, -0.05) is 48.5 Å². The van der Waals surface area contributed by atoms with Crippen LogP contribution in [0.3, 0.4) is 0 Å². The van der Waals surface area contributed by atoms with Gasteiger partial charge in [0.25, 0.3) is 5.91 Å². The molecule has 0 unspecified atom stereocenters. The van der Waals surface area contributed by atoms with E-state index in [0.717, 1.165) is 22.3 Å². The number of amides is 2. The number of halogens is 2. The van der Waals surface area contributed by atoms with Gasteiger partial charge in [-0.2, -0.15) is 8.78 Å². The zero-order chi connectivity index (χ0) is 25.3. The molecule has 0 aromatic heterocycles. The summed E-state index contributed by atoms with van der Waals surface area (Å²) in [5, 5.41) is 13.3. The van der Waals surface area contributed by atoms with E-state index in [1.165, 1.54) is 27.7 Å². The second kappa shape index (κ2) is 9.04. The molecule has 0 saturated carbocycles. The fourth-order valence-corrected chi connectivity index (χ4v) is 3.71. The van der Waals surface area contributed by atoms with Gasteiger partial charge in [0.1, 0.15) is 6.61 Å². The number of rotatable bonds is 8. The van der Waals surface area contributed by atoms with E-state index in [4.69, 9.17) is 4.74 Å². The number of benzene rings is 2. The van der Waals surface area contributed by atoms with Crippen molar-refractivity contribution in [3.63, 3.8) is 0 Å². The lowest BCUT2D eigenvalue weighted by atomic mass is 9.74. The zero-order valence-electron chi connectivity index (χ0n) is 19.4. The molecule has 7 nitrogen and oxygen atoms in total. The summed E-state index contributed by atoms with van der Waals surface area (Å²) in [5.41, 5.74) is 1.01. The Hall–Kier alpha value is -3.49. The van der Waals surface area contributed by atoms with Crippen molar-refractivity contribution >= 4 is 18.0 Å². The standard InChI is InChI=1S/C25H28F2N2O5/c1-23(2,21(31)32)24(3,4)29-20(30)25(26,27)14-28-22(33)34-13-19-17-11-7-5-9-15(17)16-10-6-8-12-18(16)19/h5-12,19H,13-14H2,1-4H3,(H,28,33)(H,29,30)(H,31,32). The molecule has 0 saturated heterocycles. The minimum atomic E-state index is -3.97. The van der Waals surface area contributed by atoms with Crippen LogP contribution in [0.15, 0.2) is 48.5 Å². The molecule has 0 radical (unpaired) electrons. The quantitative estimate of drug-likeness (QED) is 0.533. The third-order valence-corrected chi connectivity index (χ3v) is 6.65. The first-order valence-electron chi connectivity index (χ1n) is 10.8. The molecule has 1 aliphatic rings. The maximum absolute atomic E-state index is 14.4. The van der Waals surface area contributed by atoms with Gasteiger partial charge in [0.05, 0.1) is 17.5 Å². The Kier molecular flexibility index (Phi) is 6.68. The summed E-state index contributed by atoms with van der Waals surface area (Å²) in [6, 6.07) is 15.4. The van der Waals surface area contributed by atoms with E-state index in [2.05, 4.69) is 5.32 Å². The van der Waals surface area contributed by atoms with E-state index in [9.17, 15) is 28.3 Å². The van der Waals surface area contributed by atoms with Crippen LogP contribution in [0.25, 0.3) is 11.1 Å². The lowest BCUT2D eigenvalue weighted by Gasteiger charge is -2.39. The van der Waals surface area contributed by atoms with Gasteiger partial charge in [0.2, 0.25) is 0 Å². The number of hydrogen-bond donors (Lipinski definition) is 3. The second-order valence-corrected chi connectivity index (χ2v) is 9.39. The highest BCUT2D eigenvalue weighted by Gasteiger charge is 2.49. The molecule has 182 valence electrons. The highest BCUT2D eigenvalue weighted by Crippen LogP contribution is 2.44. The molecule has 2 amide bonds. The first kappa shape index (κ1) is 25.1. The summed E-state index contributed by atoms with van der Waals surface area (Å²) in [5.74, 6) is -7.15. The molecular weight excluding hydrogens is 446 g/mol. The normalized spacial score (nSPS) is 13.6. The van der Waals surface area contributed by atoms with E-state index in [1.807, 2.05) is 53.8 Å². The predicted octanol–water partition coefficient (Wildman–Crippen LogP) is 4.17. The van der Waals surface area contributed by atoms with Crippen LogP contribution in [-0.4, -0.2) is 47.7 Å². The number of fused-ring (bicyclic) bond motifs is 3. The number of nitrogens with one attached hydrogen (secondary N) is 2. The monoisotopic (exact) mass is 474 g/mol. The Morgan fingerprint density at radius 3 is 1.94 bits per heavy atom. The first-order chi connectivity index (χ1) is 15.8. The van der Waals surface area contributed by atoms with Crippen molar-refractivity contribution in [1.82, 2.24) is 10.6 Å². The van der Waals surface area contributed by atoms with Crippen molar-refractivity contribution in [2.24, 2.45) is 5.41 Å². The van der Waals surface area contributed by atoms with Crippen molar-refractivity contribution in [2.45, 2.75) is 45.1 Å². The summed E-state index contributed by atoms with van der Waals surface area (Å²) in [6.07, 6.45) is -1.08. The molecule has 0 spiro atoms. The maximum Gasteiger partial charge on any atom is 0.407 e. The number of carbonyl (C=O) groups is 3. The minimum Gasteiger partial charge on any atom is -0.481 e. The van der Waals surface area contributed by atoms with E-state index in [-0.39, 0.29) is 12.5 Å². The van der Waals surface area contributed by atoms with E-state index >= 15 is 0 Å². The fourth-order valence-electron chi connectivity index (χ4n) is 3.71. The number of ether oxygens (including phenoxy) is 1. The molecule has 34 heavy (non-hydrogen) atoms. The summed E-state index contributed by atoms with van der Waals surface area (Å²) in [7, 11) is 0. The van der Waals surface area contributed by atoms with Gasteiger partial charge in [-0.05, 0) is 49.9 Å². The van der Waals surface area contributed by atoms with Crippen LogP contribution in [0.5, 0.6) is 0 Å². The minimum absolute atomic E-state index is 0.0581. The van der Waals surface area contributed by atoms with E-state index < -0.39 is 41.4 Å². The Labute approximate surface area is 196 Å². The molecule has 0 atom stereocenters. The van der Waals surface area contributed by atoms with Crippen LogP contribution >= 0.6 is 0 Å². The van der Waals surface area contributed by atoms with E-state index in [0.29, 0.717) is 0 Å². The third-order valence-electron chi connectivity index (χ3n) is 6.65. The largest absolute Gasteiger partial charge is 0.481 e.